The van der Waals surface area contributed by atoms with Crippen LogP contribution in [0.4, 0.5) is 0 Å². The van der Waals surface area contributed by atoms with Crippen LogP contribution in [-0.4, -0.2) is 62.3 Å². The minimum atomic E-state index is -0.864. The average Bonchev–Trinajstić information content (AvgIpc) is 3.07. The number of aliphatic hydroxyl groups excluding tert-OH is 1. The number of para-hydroxylation sites is 1. The first-order valence-corrected chi connectivity index (χ1v) is 11.1. The van der Waals surface area contributed by atoms with E-state index in [9.17, 15) is 14.7 Å². The maximum atomic E-state index is 13.2. The topological polar surface area (TPSA) is 94.5 Å². The zero-order valence-corrected chi connectivity index (χ0v) is 20.2. The Kier molecular flexibility index (Phi) is 8.17. The van der Waals surface area contributed by atoms with Gasteiger partial charge in [-0.2, -0.15) is 0 Å². The first-order valence-electron chi connectivity index (χ1n) is 11.1. The van der Waals surface area contributed by atoms with Crippen LogP contribution in [0.3, 0.4) is 0 Å². The van der Waals surface area contributed by atoms with Crippen molar-refractivity contribution < 1.29 is 33.6 Å². The molecule has 1 amide bonds. The summed E-state index contributed by atoms with van der Waals surface area (Å²) in [6, 6.07) is 11.2. The summed E-state index contributed by atoms with van der Waals surface area (Å²) in [5, 5.41) is 11.3. The summed E-state index contributed by atoms with van der Waals surface area (Å²) < 4.78 is 21.9. The molecule has 0 radical (unpaired) electrons. The molecule has 8 heteroatoms. The molecule has 1 aliphatic rings. The fourth-order valence-electron chi connectivity index (χ4n) is 4.08. The molecule has 2 aromatic rings. The molecule has 182 valence electrons. The number of rotatable bonds is 10. The van der Waals surface area contributed by atoms with Crippen LogP contribution in [0.15, 0.2) is 48.0 Å². The lowest BCUT2D eigenvalue weighted by atomic mass is 9.94. The Morgan fingerprint density at radius 1 is 1.06 bits per heavy atom. The van der Waals surface area contributed by atoms with E-state index in [0.29, 0.717) is 41.4 Å². The summed E-state index contributed by atoms with van der Waals surface area (Å²) in [5.41, 5.74) is 0.894. The van der Waals surface area contributed by atoms with Crippen LogP contribution in [0.1, 0.15) is 37.4 Å². The number of hydrogen-bond donors (Lipinski definition) is 1. The van der Waals surface area contributed by atoms with Crippen molar-refractivity contribution in [3.63, 3.8) is 0 Å². The number of methoxy groups -OCH3 is 3. The molecule has 34 heavy (non-hydrogen) atoms. The summed E-state index contributed by atoms with van der Waals surface area (Å²) in [5.74, 6) is -0.353. The van der Waals surface area contributed by atoms with Gasteiger partial charge in [-0.1, -0.05) is 24.3 Å². The zero-order valence-electron chi connectivity index (χ0n) is 20.2. The quantitative estimate of drug-likeness (QED) is 0.244. The highest BCUT2D eigenvalue weighted by molar-refractivity contribution is 6.46. The van der Waals surface area contributed by atoms with E-state index < -0.39 is 17.7 Å². The van der Waals surface area contributed by atoms with Gasteiger partial charge in [0.05, 0.1) is 31.9 Å². The van der Waals surface area contributed by atoms with Gasteiger partial charge in [0.15, 0.2) is 11.5 Å². The van der Waals surface area contributed by atoms with Crippen molar-refractivity contribution in [2.75, 3.05) is 34.5 Å². The number of amides is 1. The third-order valence-electron chi connectivity index (χ3n) is 5.49. The lowest BCUT2D eigenvalue weighted by molar-refractivity contribution is -0.140. The number of aliphatic hydroxyl groups is 1. The fraction of sp³-hybridized carbons (Fsp3) is 0.385. The lowest BCUT2D eigenvalue weighted by Gasteiger charge is -2.27. The van der Waals surface area contributed by atoms with Crippen molar-refractivity contribution in [3.05, 3.63) is 59.2 Å². The SMILES string of the molecule is COCCCN1C(=O)C(=O)/C(=C(/O)c2cccc(OC(C)C)c2)C1c1cccc(OC)c1OC. The van der Waals surface area contributed by atoms with Gasteiger partial charge in [-0.25, -0.2) is 0 Å². The predicted molar refractivity (Wildman–Crippen MR) is 127 cm³/mol. The third kappa shape index (κ3) is 5.02. The maximum Gasteiger partial charge on any atom is 0.295 e. The Morgan fingerprint density at radius 2 is 1.79 bits per heavy atom. The molecule has 1 aliphatic heterocycles. The lowest BCUT2D eigenvalue weighted by Crippen LogP contribution is -2.31. The smallest absolute Gasteiger partial charge is 0.295 e. The number of hydrogen-bond acceptors (Lipinski definition) is 7. The van der Waals surface area contributed by atoms with E-state index in [4.69, 9.17) is 18.9 Å². The van der Waals surface area contributed by atoms with E-state index in [-0.39, 0.29) is 24.0 Å². The van der Waals surface area contributed by atoms with Crippen molar-refractivity contribution in [3.8, 4) is 17.2 Å². The van der Waals surface area contributed by atoms with E-state index in [0.717, 1.165) is 0 Å². The van der Waals surface area contributed by atoms with Crippen LogP contribution >= 0.6 is 0 Å². The van der Waals surface area contributed by atoms with Gasteiger partial charge in [-0.15, -0.1) is 0 Å². The van der Waals surface area contributed by atoms with E-state index in [1.54, 1.807) is 49.6 Å². The molecule has 0 saturated carbocycles. The second-order valence-electron chi connectivity index (χ2n) is 8.12. The van der Waals surface area contributed by atoms with Crippen molar-refractivity contribution >= 4 is 17.4 Å². The van der Waals surface area contributed by atoms with Gasteiger partial charge in [0.25, 0.3) is 11.7 Å². The summed E-state index contributed by atoms with van der Waals surface area (Å²) in [7, 11) is 4.57. The van der Waals surface area contributed by atoms with Crippen molar-refractivity contribution in [1.29, 1.82) is 0 Å². The second kappa shape index (κ2) is 11.1. The van der Waals surface area contributed by atoms with Crippen molar-refractivity contribution in [1.82, 2.24) is 4.90 Å². The van der Waals surface area contributed by atoms with Gasteiger partial charge < -0.3 is 29.0 Å². The maximum absolute atomic E-state index is 13.2. The van der Waals surface area contributed by atoms with Gasteiger partial charge in [0.2, 0.25) is 0 Å². The zero-order chi connectivity index (χ0) is 24.8. The van der Waals surface area contributed by atoms with Gasteiger partial charge in [0.1, 0.15) is 11.5 Å². The highest BCUT2D eigenvalue weighted by atomic mass is 16.5. The van der Waals surface area contributed by atoms with Crippen molar-refractivity contribution in [2.24, 2.45) is 0 Å². The predicted octanol–water partition coefficient (Wildman–Crippen LogP) is 3.95. The number of nitrogens with zero attached hydrogens (tertiary/aromatic N) is 1. The Bertz CT molecular complexity index is 1080. The summed E-state index contributed by atoms with van der Waals surface area (Å²) in [6.07, 6.45) is 0.453. The standard InChI is InChI=1S/C26H31NO7/c1-16(2)34-18-10-6-9-17(15-18)23(28)21-22(19-11-7-12-20(32-4)25(19)33-5)27(13-8-14-31-3)26(30)24(21)29/h6-7,9-12,15-16,22,28H,8,13-14H2,1-5H3/b23-21+. The minimum Gasteiger partial charge on any atom is -0.507 e. The van der Waals surface area contributed by atoms with Gasteiger partial charge in [-0.05, 0) is 38.5 Å². The largest absolute Gasteiger partial charge is 0.507 e. The minimum absolute atomic E-state index is 0.0179. The molecule has 1 fully saturated rings. The molecule has 0 spiro atoms. The second-order valence-corrected chi connectivity index (χ2v) is 8.12. The average molecular weight is 470 g/mol. The van der Waals surface area contributed by atoms with Crippen LogP contribution < -0.4 is 14.2 Å². The molecule has 0 aromatic heterocycles. The van der Waals surface area contributed by atoms with Crippen LogP contribution in [0.25, 0.3) is 5.76 Å². The normalized spacial score (nSPS) is 17.4. The molecule has 1 saturated heterocycles. The molecule has 1 unspecified atom stereocenters. The monoisotopic (exact) mass is 469 g/mol. The number of benzene rings is 2. The molecule has 8 nitrogen and oxygen atoms in total. The molecule has 1 N–H and O–H groups in total. The van der Waals surface area contributed by atoms with E-state index in [1.807, 2.05) is 13.8 Å². The van der Waals surface area contributed by atoms with Crippen LogP contribution in [-0.2, 0) is 14.3 Å². The molecule has 0 aliphatic carbocycles. The number of ether oxygens (including phenoxy) is 4. The van der Waals surface area contributed by atoms with Gasteiger partial charge in [0, 0.05) is 31.4 Å². The first-order chi connectivity index (χ1) is 16.3. The number of likely N-dealkylation sites (tertiary alicyclic amines) is 1. The number of carbonyl (C=O) groups excluding carboxylic acids is 2. The Balaban J connectivity index is 2.20. The van der Waals surface area contributed by atoms with E-state index >= 15 is 0 Å². The number of ketones is 1. The first kappa shape index (κ1) is 25.1. The molecule has 1 atom stereocenters. The Hall–Kier alpha value is -3.52. The molecule has 1 heterocycles. The summed E-state index contributed by atoms with van der Waals surface area (Å²) in [4.78, 5) is 27.8. The van der Waals surface area contributed by atoms with E-state index in [1.165, 1.54) is 19.1 Å². The van der Waals surface area contributed by atoms with Crippen LogP contribution in [0.2, 0.25) is 0 Å². The van der Waals surface area contributed by atoms with Crippen molar-refractivity contribution in [2.45, 2.75) is 32.4 Å². The van der Waals surface area contributed by atoms with Crippen LogP contribution in [0, 0.1) is 0 Å². The molecule has 2 aromatic carbocycles. The highest BCUT2D eigenvalue weighted by Crippen LogP contribution is 2.45. The molecular weight excluding hydrogens is 438 g/mol. The number of carbonyl (C=O) groups is 2. The Labute approximate surface area is 199 Å². The fourth-order valence-corrected chi connectivity index (χ4v) is 4.08. The molecular formula is C26H31NO7. The summed E-state index contributed by atoms with van der Waals surface area (Å²) >= 11 is 0. The van der Waals surface area contributed by atoms with Gasteiger partial charge in [-0.3, -0.25) is 9.59 Å². The molecule has 3 rings (SSSR count). The highest BCUT2D eigenvalue weighted by Gasteiger charge is 2.47. The third-order valence-corrected chi connectivity index (χ3v) is 5.49. The number of Topliss-reactive ketones (excluding diaryl/α,β-unsaturated/α-hetero) is 1. The van der Waals surface area contributed by atoms with E-state index in [2.05, 4.69) is 0 Å². The summed E-state index contributed by atoms with van der Waals surface area (Å²) in [6.45, 7) is 4.47. The molecule has 0 bridgehead atoms. The van der Waals surface area contributed by atoms with Crippen LogP contribution in [0.5, 0.6) is 17.2 Å². The van der Waals surface area contributed by atoms with Gasteiger partial charge >= 0.3 is 0 Å². The Morgan fingerprint density at radius 3 is 2.44 bits per heavy atom.